The second-order valence-electron chi connectivity index (χ2n) is 11.0. The lowest BCUT2D eigenvalue weighted by atomic mass is 10.1. The van der Waals surface area contributed by atoms with Gasteiger partial charge in [-0.2, -0.15) is 4.98 Å². The van der Waals surface area contributed by atoms with E-state index in [-0.39, 0.29) is 52.4 Å². The molecule has 5 heterocycles. The first kappa shape index (κ1) is 31.4. The summed E-state index contributed by atoms with van der Waals surface area (Å²) in [5, 5.41) is 2.96. The second kappa shape index (κ2) is 12.2. The van der Waals surface area contributed by atoms with Gasteiger partial charge in [-0.3, -0.25) is 24.4 Å². The van der Waals surface area contributed by atoms with Crippen molar-refractivity contribution < 1.29 is 22.7 Å². The van der Waals surface area contributed by atoms with E-state index in [1.807, 2.05) is 18.7 Å². The molecule has 0 unspecified atom stereocenters. The van der Waals surface area contributed by atoms with Crippen molar-refractivity contribution in [1.82, 2.24) is 30.2 Å². The molecule has 0 bridgehead atoms. The normalized spacial score (nSPS) is 17.3. The number of pyridine rings is 1. The maximum atomic E-state index is 13.9. The van der Waals surface area contributed by atoms with Crippen LogP contribution in [0.5, 0.6) is 5.75 Å². The number of aromatic amines is 1. The van der Waals surface area contributed by atoms with E-state index in [0.29, 0.717) is 65.7 Å². The summed E-state index contributed by atoms with van der Waals surface area (Å²) in [6.07, 6.45) is 3.34. The molecule has 1 fully saturated rings. The number of carbonyl (C=O) groups excluding carboxylic acids is 2. The van der Waals surface area contributed by atoms with E-state index >= 15 is 0 Å². The number of sulfone groups is 1. The van der Waals surface area contributed by atoms with Gasteiger partial charge in [0.15, 0.2) is 15.7 Å². The summed E-state index contributed by atoms with van der Waals surface area (Å²) in [6.45, 7) is 9.27. The maximum Gasteiger partial charge on any atom is 0.260 e. The van der Waals surface area contributed by atoms with Gasteiger partial charge in [0.25, 0.3) is 11.8 Å². The van der Waals surface area contributed by atoms with Crippen LogP contribution in [0.2, 0.25) is 5.15 Å². The molecule has 4 N–H and O–H groups in total. The Balaban J connectivity index is 1.41. The fourth-order valence-corrected chi connectivity index (χ4v) is 7.22. The van der Waals surface area contributed by atoms with Gasteiger partial charge in [0, 0.05) is 54.9 Å². The first-order chi connectivity index (χ1) is 20.8. The third-order valence-corrected chi connectivity index (χ3v) is 9.95. The van der Waals surface area contributed by atoms with Crippen molar-refractivity contribution in [2.24, 2.45) is 0 Å². The van der Waals surface area contributed by atoms with Crippen molar-refractivity contribution in [3.05, 3.63) is 56.2 Å². The van der Waals surface area contributed by atoms with Crippen molar-refractivity contribution in [3.8, 4) is 5.75 Å². The number of hydrogen-bond acceptors (Lipinski definition) is 10. The number of halogens is 1. The number of hydrogen-bond donors (Lipinski definition) is 3. The van der Waals surface area contributed by atoms with Crippen molar-refractivity contribution in [3.63, 3.8) is 0 Å². The van der Waals surface area contributed by atoms with E-state index in [1.165, 1.54) is 4.90 Å². The van der Waals surface area contributed by atoms with Gasteiger partial charge in [-0.1, -0.05) is 11.6 Å². The summed E-state index contributed by atoms with van der Waals surface area (Å²) in [4.78, 5) is 46.8. The predicted octanol–water partition coefficient (Wildman–Crippen LogP) is 2.23. The summed E-state index contributed by atoms with van der Waals surface area (Å²) in [7, 11) is -1.38. The monoisotopic (exact) mass is 642 g/mol. The molecule has 0 spiro atoms. The first-order valence-corrected chi connectivity index (χ1v) is 16.3. The number of nitrogens with two attached hydrogens (primary N) is 1. The van der Waals surface area contributed by atoms with Crippen LogP contribution < -0.4 is 20.7 Å². The van der Waals surface area contributed by atoms with Crippen molar-refractivity contribution >= 4 is 56.7 Å². The number of aromatic nitrogens is 4. The van der Waals surface area contributed by atoms with Crippen LogP contribution in [0.25, 0.3) is 11.6 Å². The van der Waals surface area contributed by atoms with Gasteiger partial charge < -0.3 is 20.8 Å². The fraction of sp³-hybridized carbons (Fsp3) is 0.414. The van der Waals surface area contributed by atoms with E-state index in [2.05, 4.69) is 25.3 Å². The highest BCUT2D eigenvalue weighted by Crippen LogP contribution is 2.42. The lowest BCUT2D eigenvalue weighted by Gasteiger charge is -2.26. The summed E-state index contributed by atoms with van der Waals surface area (Å²) >= 11 is 6.53. The number of carbonyl (C=O) groups is 2. The molecular weight excluding hydrogens is 608 g/mol. The fourth-order valence-electron chi connectivity index (χ4n) is 5.67. The third-order valence-electron chi connectivity index (χ3n) is 8.06. The average Bonchev–Trinajstić information content (AvgIpc) is 3.38. The summed E-state index contributed by atoms with van der Waals surface area (Å²) in [6, 6.07) is 0. The number of rotatable bonds is 8. The van der Waals surface area contributed by atoms with Gasteiger partial charge in [0.1, 0.15) is 10.9 Å². The minimum absolute atomic E-state index is 0.0326. The van der Waals surface area contributed by atoms with Crippen molar-refractivity contribution in [2.75, 3.05) is 55.4 Å². The Bertz CT molecular complexity index is 1790. The number of nitrogens with one attached hydrogen (secondary N) is 2. The molecule has 2 aliphatic heterocycles. The minimum Gasteiger partial charge on any atom is -0.496 e. The molecule has 1 saturated heterocycles. The number of anilines is 2. The van der Waals surface area contributed by atoms with Crippen molar-refractivity contribution in [2.45, 2.75) is 34.2 Å². The second-order valence-corrected chi connectivity index (χ2v) is 13.6. The van der Waals surface area contributed by atoms with E-state index in [1.54, 1.807) is 33.2 Å². The number of aryl methyl sites for hydroxylation is 2. The van der Waals surface area contributed by atoms with Crippen molar-refractivity contribution in [1.29, 1.82) is 0 Å². The molecule has 44 heavy (non-hydrogen) atoms. The van der Waals surface area contributed by atoms with E-state index in [9.17, 15) is 18.0 Å². The number of H-pyrrole nitrogens is 1. The van der Waals surface area contributed by atoms with E-state index in [4.69, 9.17) is 22.1 Å². The van der Waals surface area contributed by atoms with Crippen LogP contribution in [0.15, 0.2) is 6.20 Å². The molecule has 0 atom stereocenters. The number of nitrogens with zero attached hydrogens (tertiary/aromatic N) is 5. The van der Waals surface area contributed by atoms with Gasteiger partial charge in [0.2, 0.25) is 5.95 Å². The highest BCUT2D eigenvalue weighted by atomic mass is 35.5. The van der Waals surface area contributed by atoms with Crippen LogP contribution in [0.4, 0.5) is 11.8 Å². The topological polar surface area (TPSA) is 176 Å². The van der Waals surface area contributed by atoms with Gasteiger partial charge >= 0.3 is 0 Å². The average molecular weight is 643 g/mol. The predicted molar refractivity (Wildman–Crippen MR) is 168 cm³/mol. The Hall–Kier alpha value is -4.01. The molecule has 13 nitrogen and oxygen atoms in total. The number of nitrogen functional groups attached to an aromatic ring is 1. The Labute approximate surface area is 260 Å². The Morgan fingerprint density at radius 2 is 1.89 bits per heavy atom. The standard InChI is InChI=1S/C29H35ClN8O5S/c1-15-13-33-21(17(3)24(15)43-5)14-38-26-23(25(30)35-29(31)36-26)19(28(38)40)12-20-16(2)22(18(4)34-20)27(39)32-6-7-37-8-10-44(41,42)11-9-37/h12-13,34H,6-11,14H2,1-5H3,(H,32,39)(H2,31,35,36)/b19-12-. The molecule has 15 heteroatoms. The lowest BCUT2D eigenvalue weighted by molar-refractivity contribution is -0.113. The summed E-state index contributed by atoms with van der Waals surface area (Å²) in [5.41, 5.74) is 11.1. The first-order valence-electron chi connectivity index (χ1n) is 14.1. The molecule has 3 aromatic rings. The Kier molecular flexibility index (Phi) is 8.69. The molecule has 0 saturated carbocycles. The zero-order valence-electron chi connectivity index (χ0n) is 25.2. The van der Waals surface area contributed by atoms with Crippen LogP contribution >= 0.6 is 11.6 Å². The molecule has 234 valence electrons. The van der Waals surface area contributed by atoms with Gasteiger partial charge in [-0.25, -0.2) is 13.4 Å². The molecule has 5 rings (SSSR count). The number of fused-ring (bicyclic) bond motifs is 1. The molecule has 3 aromatic heterocycles. The molecular formula is C29H35ClN8O5S. The van der Waals surface area contributed by atoms with Crippen LogP contribution in [0.3, 0.4) is 0 Å². The molecule has 2 aliphatic rings. The van der Waals surface area contributed by atoms with Crippen LogP contribution in [0, 0.1) is 27.7 Å². The maximum absolute atomic E-state index is 13.9. The van der Waals surface area contributed by atoms with Gasteiger partial charge in [-0.05, 0) is 39.3 Å². The number of ether oxygens (including phenoxy) is 1. The zero-order chi connectivity index (χ0) is 31.9. The smallest absolute Gasteiger partial charge is 0.260 e. The number of methoxy groups -OCH3 is 1. The minimum atomic E-state index is -2.97. The Morgan fingerprint density at radius 3 is 2.57 bits per heavy atom. The Morgan fingerprint density at radius 1 is 1.18 bits per heavy atom. The quantitative estimate of drug-likeness (QED) is 0.244. The number of amides is 2. The van der Waals surface area contributed by atoms with Crippen LogP contribution in [-0.4, -0.2) is 89.9 Å². The van der Waals surface area contributed by atoms with Crippen LogP contribution in [-0.2, 0) is 21.2 Å². The van der Waals surface area contributed by atoms with E-state index in [0.717, 1.165) is 11.1 Å². The molecule has 2 amide bonds. The lowest BCUT2D eigenvalue weighted by Crippen LogP contribution is -2.43. The summed E-state index contributed by atoms with van der Waals surface area (Å²) in [5.74, 6) is 0.499. The van der Waals surface area contributed by atoms with Gasteiger partial charge in [0.05, 0.1) is 47.6 Å². The van der Waals surface area contributed by atoms with E-state index < -0.39 is 9.84 Å². The third kappa shape index (κ3) is 6.01. The SMILES string of the molecule is COc1c(C)cnc(CN2C(=O)/C(=C\c3[nH]c(C)c(C(=O)NCCN4CCS(=O)(=O)CC4)c3C)c3c(Cl)nc(N)nc32)c1C. The highest BCUT2D eigenvalue weighted by molar-refractivity contribution is 7.91. The molecule has 0 aliphatic carbocycles. The molecule has 0 radical (unpaired) electrons. The highest BCUT2D eigenvalue weighted by Gasteiger charge is 2.38. The summed E-state index contributed by atoms with van der Waals surface area (Å²) < 4.78 is 28.9. The largest absolute Gasteiger partial charge is 0.496 e. The molecule has 0 aromatic carbocycles. The van der Waals surface area contributed by atoms with Gasteiger partial charge in [-0.15, -0.1) is 0 Å². The zero-order valence-corrected chi connectivity index (χ0v) is 26.8. The van der Waals surface area contributed by atoms with Crippen LogP contribution in [0.1, 0.15) is 49.7 Å².